The lowest BCUT2D eigenvalue weighted by molar-refractivity contribution is -0.362. The second kappa shape index (κ2) is 20.3. The fourth-order valence-corrected chi connectivity index (χ4v) is 7.02. The molecule has 322 valence electrons. The highest BCUT2D eigenvalue weighted by atomic mass is 16.8. The van der Waals surface area contributed by atoms with Crippen LogP contribution < -0.4 is 21.7 Å². The molecular formula is C32H54N4O20. The first-order valence-electron chi connectivity index (χ1n) is 18.0. The molecule has 4 saturated heterocycles. The Bertz CT molecular complexity index is 1340. The number of aliphatic carboxylic acids is 1. The molecule has 3 amide bonds. The molecule has 8 unspecified atom stereocenters. The highest BCUT2D eigenvalue weighted by Crippen LogP contribution is 2.35. The molecule has 4 aliphatic heterocycles. The molecule has 0 spiro atoms. The quantitative estimate of drug-likeness (QED) is 0.0730. The molecular weight excluding hydrogens is 760 g/mol. The number of ether oxygens (including phenoxy) is 8. The number of nitrogens with two attached hydrogens (primary N) is 1. The van der Waals surface area contributed by atoms with E-state index in [-0.39, 0.29) is 19.5 Å². The van der Waals surface area contributed by atoms with Gasteiger partial charge in [-0.15, -0.1) is 0 Å². The van der Waals surface area contributed by atoms with Crippen LogP contribution >= 0.6 is 0 Å². The van der Waals surface area contributed by atoms with E-state index in [4.69, 9.17) is 43.6 Å². The number of hydrogen-bond acceptors (Lipinski definition) is 20. The Morgan fingerprint density at radius 3 is 1.79 bits per heavy atom. The van der Waals surface area contributed by atoms with Crippen LogP contribution in [0.1, 0.15) is 27.2 Å². The summed E-state index contributed by atoms with van der Waals surface area (Å²) >= 11 is 0. The van der Waals surface area contributed by atoms with E-state index in [0.717, 1.165) is 6.92 Å². The van der Waals surface area contributed by atoms with Crippen molar-refractivity contribution in [2.24, 2.45) is 5.73 Å². The van der Waals surface area contributed by atoms with Gasteiger partial charge < -0.3 is 100 Å². The van der Waals surface area contributed by atoms with Gasteiger partial charge in [-0.25, -0.2) is 4.79 Å². The summed E-state index contributed by atoms with van der Waals surface area (Å²) in [5.74, 6) is -3.69. The number of aliphatic hydroxyl groups excluding tert-OH is 7. The molecule has 24 nitrogen and oxygen atoms in total. The molecule has 4 rings (SSSR count). The lowest BCUT2D eigenvalue weighted by atomic mass is 9.92. The largest absolute Gasteiger partial charge is 0.479 e. The number of amides is 3. The molecule has 4 fully saturated rings. The Kier molecular flexibility index (Phi) is 16.6. The maximum atomic E-state index is 13.6. The first-order chi connectivity index (χ1) is 26.5. The van der Waals surface area contributed by atoms with Crippen molar-refractivity contribution in [3.8, 4) is 0 Å². The zero-order valence-corrected chi connectivity index (χ0v) is 31.1. The zero-order chi connectivity index (χ0) is 41.6. The van der Waals surface area contributed by atoms with Crippen molar-refractivity contribution in [2.75, 3.05) is 33.4 Å². The van der Waals surface area contributed by atoms with E-state index in [1.54, 1.807) is 0 Å². The molecule has 0 saturated carbocycles. The van der Waals surface area contributed by atoms with Crippen LogP contribution in [0.25, 0.3) is 0 Å². The van der Waals surface area contributed by atoms with Gasteiger partial charge in [0.05, 0.1) is 31.5 Å². The minimum Gasteiger partial charge on any atom is -0.479 e. The highest BCUT2D eigenvalue weighted by Gasteiger charge is 2.56. The smallest absolute Gasteiger partial charge is 0.333 e. The number of methoxy groups -OCH3 is 1. The van der Waals surface area contributed by atoms with Crippen molar-refractivity contribution in [3.05, 3.63) is 0 Å². The second-order valence-electron chi connectivity index (χ2n) is 13.8. The Morgan fingerprint density at radius 1 is 0.714 bits per heavy atom. The van der Waals surface area contributed by atoms with Gasteiger partial charge in [-0.3, -0.25) is 14.4 Å². The summed E-state index contributed by atoms with van der Waals surface area (Å²) in [7, 11) is 1.21. The van der Waals surface area contributed by atoms with Crippen molar-refractivity contribution < 1.29 is 97.9 Å². The van der Waals surface area contributed by atoms with Gasteiger partial charge in [-0.1, -0.05) is 0 Å². The number of carbonyl (C=O) groups is 4. The summed E-state index contributed by atoms with van der Waals surface area (Å²) in [4.78, 5) is 49.9. The molecule has 13 N–H and O–H groups in total. The molecule has 0 aromatic heterocycles. The lowest BCUT2D eigenvalue weighted by Crippen LogP contribution is -2.70. The maximum absolute atomic E-state index is 13.6. The Hall–Kier alpha value is -2.76. The van der Waals surface area contributed by atoms with E-state index in [1.807, 2.05) is 0 Å². The molecule has 0 bridgehead atoms. The molecule has 0 radical (unpaired) electrons. The van der Waals surface area contributed by atoms with Gasteiger partial charge in [0.15, 0.2) is 31.1 Å². The predicted molar refractivity (Wildman–Crippen MR) is 179 cm³/mol. The van der Waals surface area contributed by atoms with E-state index in [9.17, 15) is 60.0 Å². The van der Waals surface area contributed by atoms with Crippen molar-refractivity contribution in [2.45, 2.75) is 144 Å². The van der Waals surface area contributed by atoms with Crippen LogP contribution in [0, 0.1) is 0 Å². The van der Waals surface area contributed by atoms with Crippen LogP contribution in [0.4, 0.5) is 0 Å². The summed E-state index contributed by atoms with van der Waals surface area (Å²) in [6, 6.07) is -2.70. The van der Waals surface area contributed by atoms with Crippen molar-refractivity contribution in [1.29, 1.82) is 0 Å². The number of aliphatic hydroxyl groups is 7. The van der Waals surface area contributed by atoms with Crippen molar-refractivity contribution in [1.82, 2.24) is 16.0 Å². The second-order valence-corrected chi connectivity index (χ2v) is 13.8. The number of hydrogen-bond donors (Lipinski definition) is 12. The lowest BCUT2D eigenvalue weighted by Gasteiger charge is -2.50. The van der Waals surface area contributed by atoms with Gasteiger partial charge in [0.2, 0.25) is 11.8 Å². The van der Waals surface area contributed by atoms with Gasteiger partial charge in [0, 0.05) is 40.5 Å². The number of rotatable bonds is 15. The SMILES string of the molecule is CO[C@H]1CC(C(=O)O)O[C@@H](O[C@@H]2C(NC(C)=O)[C@H](O[C@@H]3C(C(=O)NCCN)O[C@@H](O[C@@H]4C(NC(C)=O)[C@H](C)OC(CO)[C@H]4O)C(O)[C@H]3O)OC(CO)[C@H]2O)C1O. The number of nitrogens with one attached hydrogen (secondary N) is 3. The van der Waals surface area contributed by atoms with Crippen LogP contribution in [0.3, 0.4) is 0 Å². The fourth-order valence-electron chi connectivity index (χ4n) is 7.02. The minimum atomic E-state index is -2.10. The van der Waals surface area contributed by atoms with Crippen molar-refractivity contribution >= 4 is 23.7 Å². The molecule has 24 heteroatoms. The van der Waals surface area contributed by atoms with Gasteiger partial charge in [0.1, 0.15) is 67.1 Å². The topological polar surface area (TPSA) is 366 Å². The highest BCUT2D eigenvalue weighted by molar-refractivity contribution is 5.81. The average molecular weight is 815 g/mol. The molecule has 4 aliphatic rings. The maximum Gasteiger partial charge on any atom is 0.333 e. The first-order valence-corrected chi connectivity index (χ1v) is 18.0. The van der Waals surface area contributed by atoms with E-state index >= 15 is 0 Å². The van der Waals surface area contributed by atoms with Crippen LogP contribution in [0.15, 0.2) is 0 Å². The fraction of sp³-hybridized carbons (Fsp3) is 0.875. The molecule has 0 aromatic carbocycles. The third-order valence-electron chi connectivity index (χ3n) is 9.84. The number of carbonyl (C=O) groups excluding carboxylic acids is 3. The van der Waals surface area contributed by atoms with Gasteiger partial charge >= 0.3 is 5.97 Å². The normalized spacial score (nSPS) is 43.0. The zero-order valence-electron chi connectivity index (χ0n) is 31.1. The van der Waals surface area contributed by atoms with Gasteiger partial charge in [-0.2, -0.15) is 0 Å². The van der Waals surface area contributed by atoms with E-state index in [0.29, 0.717) is 0 Å². The van der Waals surface area contributed by atoms with E-state index in [2.05, 4.69) is 16.0 Å². The molecule has 0 aliphatic carbocycles. The van der Waals surface area contributed by atoms with E-state index < -0.39 is 153 Å². The average Bonchev–Trinajstić information content (AvgIpc) is 3.15. The summed E-state index contributed by atoms with van der Waals surface area (Å²) < 4.78 is 45.8. The molecule has 4 heterocycles. The third-order valence-corrected chi connectivity index (χ3v) is 9.84. The minimum absolute atomic E-state index is 0.0463. The van der Waals surface area contributed by atoms with Crippen LogP contribution in [0.2, 0.25) is 0 Å². The van der Waals surface area contributed by atoms with Gasteiger partial charge in [0.25, 0.3) is 5.91 Å². The third kappa shape index (κ3) is 10.5. The molecule has 56 heavy (non-hydrogen) atoms. The van der Waals surface area contributed by atoms with Crippen LogP contribution in [0.5, 0.6) is 0 Å². The summed E-state index contributed by atoms with van der Waals surface area (Å²) in [6.07, 6.45) is -28.3. The monoisotopic (exact) mass is 814 g/mol. The van der Waals surface area contributed by atoms with Crippen LogP contribution in [-0.2, 0) is 57.1 Å². The molecule has 19 atom stereocenters. The Balaban J connectivity index is 1.67. The number of carboxylic acids is 1. The van der Waals surface area contributed by atoms with Crippen LogP contribution in [-0.4, -0.2) is 214 Å². The van der Waals surface area contributed by atoms with Gasteiger partial charge in [-0.05, 0) is 6.92 Å². The standard InChI is InChI=1S/C32H54N4O20/c1-10-17(35-11(2)39)24(19(41)15(8-37)50-10)53-32-23(45)22(44)26(27(56-32)28(46)34-6-5-33)55-30-18(36-12(3)40)25(20(42)16(9-38)52-30)54-31-21(43)13(49-4)7-14(51-31)29(47)48/h10,13-27,30-32,37-38,41-45H,5-9,33H2,1-4H3,(H,34,46)(H,35,39)(H,36,40)(H,47,48)/t10-,13-,14?,15?,16?,17?,18?,19+,20+,21?,22+,23?,24+,25+,26-,27?,30-,31-,32+/m0/s1. The van der Waals surface area contributed by atoms with E-state index in [1.165, 1.54) is 21.0 Å². The number of carboxylic acid groups (broad SMARTS) is 1. The summed E-state index contributed by atoms with van der Waals surface area (Å²) in [5, 5.41) is 93.2. The van der Waals surface area contributed by atoms with Crippen molar-refractivity contribution in [3.63, 3.8) is 0 Å². The summed E-state index contributed by atoms with van der Waals surface area (Å²) in [5.41, 5.74) is 5.57. The Morgan fingerprint density at radius 2 is 1.25 bits per heavy atom. The summed E-state index contributed by atoms with van der Waals surface area (Å²) in [6.45, 7) is 2.06. The first kappa shape index (κ1) is 45.9. The predicted octanol–water partition coefficient (Wildman–Crippen LogP) is -7.53. The molecule has 0 aromatic rings. The Labute approximate surface area is 320 Å².